The monoisotopic (exact) mass is 215 g/mol. The number of hydrogen-bond donors (Lipinski definition) is 0. The normalized spacial score (nSPS) is 15.3. The lowest BCUT2D eigenvalue weighted by Gasteiger charge is -2.06. The Hall–Kier alpha value is -1.84. The van der Waals surface area contributed by atoms with Crippen LogP contribution in [0.25, 0.3) is 11.4 Å². The fourth-order valence-corrected chi connectivity index (χ4v) is 1.94. The Balaban J connectivity index is 2.18. The number of pyridine rings is 1. The Kier molecular flexibility index (Phi) is 1.96. The summed E-state index contributed by atoms with van der Waals surface area (Å²) in [6.07, 6.45) is 7.86. The Bertz CT molecular complexity index is 578. The maximum absolute atomic E-state index is 12.0. The first-order valence-corrected chi connectivity index (χ1v) is 5.46. The van der Waals surface area contributed by atoms with Crippen molar-refractivity contribution in [3.63, 3.8) is 0 Å². The molecule has 3 rings (SSSR count). The summed E-state index contributed by atoms with van der Waals surface area (Å²) in [5, 5.41) is 0. The van der Waals surface area contributed by atoms with E-state index in [1.54, 1.807) is 24.0 Å². The summed E-state index contributed by atoms with van der Waals surface area (Å²) in [4.78, 5) is 16.3. The van der Waals surface area contributed by atoms with E-state index in [2.05, 4.69) is 9.55 Å². The predicted octanol–water partition coefficient (Wildman–Crippen LogP) is 1.58. The van der Waals surface area contributed by atoms with Crippen molar-refractivity contribution in [2.45, 2.75) is 18.9 Å². The van der Waals surface area contributed by atoms with Gasteiger partial charge in [-0.05, 0) is 25.0 Å². The van der Waals surface area contributed by atoms with Crippen LogP contribution in [0, 0.1) is 0 Å². The van der Waals surface area contributed by atoms with Gasteiger partial charge in [0.25, 0.3) is 5.56 Å². The molecule has 0 bridgehead atoms. The lowest BCUT2D eigenvalue weighted by molar-refractivity contribution is 0.745. The minimum Gasteiger partial charge on any atom is -0.328 e. The summed E-state index contributed by atoms with van der Waals surface area (Å²) in [6.45, 7) is 0. The average Bonchev–Trinajstić information content (AvgIpc) is 3.01. The number of rotatable bonds is 2. The Morgan fingerprint density at radius 3 is 2.94 bits per heavy atom. The van der Waals surface area contributed by atoms with Crippen LogP contribution in [0.4, 0.5) is 0 Å². The molecule has 82 valence electrons. The minimum absolute atomic E-state index is 0.00981. The zero-order valence-electron chi connectivity index (χ0n) is 9.13. The van der Waals surface area contributed by atoms with E-state index in [0.29, 0.717) is 11.6 Å². The van der Waals surface area contributed by atoms with Crippen molar-refractivity contribution in [3.05, 3.63) is 41.1 Å². The Morgan fingerprint density at radius 2 is 2.19 bits per heavy atom. The van der Waals surface area contributed by atoms with E-state index >= 15 is 0 Å². The van der Waals surface area contributed by atoms with E-state index < -0.39 is 0 Å². The number of aryl methyl sites for hydroxylation is 1. The molecule has 1 saturated carbocycles. The van der Waals surface area contributed by atoms with Gasteiger partial charge in [0.1, 0.15) is 5.82 Å². The summed E-state index contributed by atoms with van der Waals surface area (Å²) >= 11 is 0. The SMILES string of the molecule is Cn1cccc(-c2nccn2C2CC2)c1=O. The third-order valence-corrected chi connectivity index (χ3v) is 2.97. The zero-order chi connectivity index (χ0) is 11.1. The third kappa shape index (κ3) is 1.38. The Morgan fingerprint density at radius 1 is 1.38 bits per heavy atom. The van der Waals surface area contributed by atoms with E-state index in [-0.39, 0.29) is 5.56 Å². The largest absolute Gasteiger partial charge is 0.328 e. The maximum Gasteiger partial charge on any atom is 0.261 e. The van der Waals surface area contributed by atoms with Crippen molar-refractivity contribution in [1.29, 1.82) is 0 Å². The van der Waals surface area contributed by atoms with Crippen LogP contribution >= 0.6 is 0 Å². The molecule has 0 atom stereocenters. The van der Waals surface area contributed by atoms with Crippen molar-refractivity contribution >= 4 is 0 Å². The average molecular weight is 215 g/mol. The van der Waals surface area contributed by atoms with Crippen LogP contribution in [-0.4, -0.2) is 14.1 Å². The molecule has 0 amide bonds. The lowest BCUT2D eigenvalue weighted by atomic mass is 10.2. The molecule has 1 fully saturated rings. The second kappa shape index (κ2) is 3.33. The number of nitrogens with zero attached hydrogens (tertiary/aromatic N) is 3. The highest BCUT2D eigenvalue weighted by Crippen LogP contribution is 2.37. The van der Waals surface area contributed by atoms with Gasteiger partial charge in [-0.1, -0.05) is 0 Å². The van der Waals surface area contributed by atoms with Gasteiger partial charge in [0.05, 0.1) is 5.56 Å². The van der Waals surface area contributed by atoms with E-state index in [1.807, 2.05) is 18.3 Å². The predicted molar refractivity (Wildman–Crippen MR) is 61.2 cm³/mol. The first-order valence-electron chi connectivity index (χ1n) is 5.46. The lowest BCUT2D eigenvalue weighted by Crippen LogP contribution is -2.18. The second-order valence-corrected chi connectivity index (χ2v) is 4.23. The highest BCUT2D eigenvalue weighted by Gasteiger charge is 2.26. The van der Waals surface area contributed by atoms with Gasteiger partial charge in [-0.25, -0.2) is 4.98 Å². The van der Waals surface area contributed by atoms with E-state index in [4.69, 9.17) is 0 Å². The third-order valence-electron chi connectivity index (χ3n) is 2.97. The molecule has 0 unspecified atom stereocenters. The molecule has 0 spiro atoms. The van der Waals surface area contributed by atoms with Gasteiger partial charge in [0.2, 0.25) is 0 Å². The van der Waals surface area contributed by atoms with Gasteiger partial charge in [0, 0.05) is 31.7 Å². The molecule has 0 saturated heterocycles. The van der Waals surface area contributed by atoms with Crippen LogP contribution in [0.2, 0.25) is 0 Å². The van der Waals surface area contributed by atoms with Crippen molar-refractivity contribution in [2.24, 2.45) is 7.05 Å². The summed E-state index contributed by atoms with van der Waals surface area (Å²) in [7, 11) is 1.76. The van der Waals surface area contributed by atoms with Crippen LogP contribution in [0.5, 0.6) is 0 Å². The molecule has 1 aliphatic rings. The molecule has 2 aromatic rings. The molecule has 0 radical (unpaired) electrons. The standard InChI is InChI=1S/C12H13N3O/c1-14-7-2-3-10(12(14)16)11-13-6-8-15(11)9-4-5-9/h2-3,6-9H,4-5H2,1H3. The maximum atomic E-state index is 12.0. The second-order valence-electron chi connectivity index (χ2n) is 4.23. The number of hydrogen-bond acceptors (Lipinski definition) is 2. The molecule has 16 heavy (non-hydrogen) atoms. The minimum atomic E-state index is 0.00981. The van der Waals surface area contributed by atoms with Crippen LogP contribution in [0.1, 0.15) is 18.9 Å². The summed E-state index contributed by atoms with van der Waals surface area (Å²) in [6, 6.07) is 4.26. The molecule has 0 aliphatic heterocycles. The molecule has 1 aliphatic carbocycles. The van der Waals surface area contributed by atoms with Gasteiger partial charge in [0.15, 0.2) is 0 Å². The first kappa shape index (κ1) is 9.39. The summed E-state index contributed by atoms with van der Waals surface area (Å²) < 4.78 is 3.69. The molecular formula is C12H13N3O. The molecule has 0 aromatic carbocycles. The zero-order valence-corrected chi connectivity index (χ0v) is 9.13. The molecule has 0 N–H and O–H groups in total. The Labute approximate surface area is 93.2 Å². The van der Waals surface area contributed by atoms with Crippen LogP contribution < -0.4 is 5.56 Å². The van der Waals surface area contributed by atoms with E-state index in [9.17, 15) is 4.79 Å². The van der Waals surface area contributed by atoms with E-state index in [0.717, 1.165) is 5.82 Å². The highest BCUT2D eigenvalue weighted by molar-refractivity contribution is 5.54. The number of imidazole rings is 1. The van der Waals surface area contributed by atoms with E-state index in [1.165, 1.54) is 12.8 Å². The van der Waals surface area contributed by atoms with Crippen molar-refractivity contribution < 1.29 is 0 Å². The molecule has 2 aromatic heterocycles. The topological polar surface area (TPSA) is 39.8 Å². The molecular weight excluding hydrogens is 202 g/mol. The van der Waals surface area contributed by atoms with Gasteiger partial charge < -0.3 is 9.13 Å². The smallest absolute Gasteiger partial charge is 0.261 e. The van der Waals surface area contributed by atoms with Crippen molar-refractivity contribution in [2.75, 3.05) is 0 Å². The van der Waals surface area contributed by atoms with Crippen molar-refractivity contribution in [1.82, 2.24) is 14.1 Å². The fourth-order valence-electron chi connectivity index (χ4n) is 1.94. The van der Waals surface area contributed by atoms with Gasteiger partial charge in [-0.3, -0.25) is 4.79 Å². The highest BCUT2D eigenvalue weighted by atomic mass is 16.1. The van der Waals surface area contributed by atoms with Gasteiger partial charge in [-0.2, -0.15) is 0 Å². The van der Waals surface area contributed by atoms with Crippen molar-refractivity contribution in [3.8, 4) is 11.4 Å². The quantitative estimate of drug-likeness (QED) is 0.763. The molecule has 2 heterocycles. The van der Waals surface area contributed by atoms with Crippen LogP contribution in [0.3, 0.4) is 0 Å². The molecule has 4 heteroatoms. The van der Waals surface area contributed by atoms with Crippen LogP contribution in [-0.2, 0) is 7.05 Å². The first-order chi connectivity index (χ1) is 7.77. The van der Waals surface area contributed by atoms with Crippen LogP contribution in [0.15, 0.2) is 35.5 Å². The fraction of sp³-hybridized carbons (Fsp3) is 0.333. The summed E-state index contributed by atoms with van der Waals surface area (Å²) in [5.41, 5.74) is 0.692. The molecule has 4 nitrogen and oxygen atoms in total. The van der Waals surface area contributed by atoms with Gasteiger partial charge >= 0.3 is 0 Å². The van der Waals surface area contributed by atoms with Gasteiger partial charge in [-0.15, -0.1) is 0 Å². The number of aromatic nitrogens is 3. The summed E-state index contributed by atoms with van der Waals surface area (Å²) in [5.74, 6) is 0.795.